The van der Waals surface area contributed by atoms with Gasteiger partial charge in [0, 0.05) is 30.0 Å². The Balaban J connectivity index is 1.94. The maximum absolute atomic E-state index is 13.7. The smallest absolute Gasteiger partial charge is 0.152 e. The molecule has 0 aliphatic heterocycles. The normalized spacial score (nSPS) is 21.5. The third kappa shape index (κ3) is 5.06. The van der Waals surface area contributed by atoms with Crippen LogP contribution in [0, 0.1) is 29.3 Å². The van der Waals surface area contributed by atoms with Crippen LogP contribution in [0.25, 0.3) is 0 Å². The highest BCUT2D eigenvalue weighted by molar-refractivity contribution is 7.91. The largest absolute Gasteiger partial charge is 0.299 e. The van der Waals surface area contributed by atoms with Crippen LogP contribution in [0.1, 0.15) is 45.1 Å². The molecular formula is C18H23F3O3S. The number of rotatable bonds is 6. The molecule has 1 aromatic carbocycles. The van der Waals surface area contributed by atoms with Crippen LogP contribution in [0.2, 0.25) is 0 Å². The topological polar surface area (TPSA) is 51.2 Å². The van der Waals surface area contributed by atoms with E-state index in [0.717, 1.165) is 0 Å². The van der Waals surface area contributed by atoms with E-state index in [2.05, 4.69) is 0 Å². The van der Waals surface area contributed by atoms with Gasteiger partial charge in [-0.05, 0) is 45.4 Å². The van der Waals surface area contributed by atoms with Crippen molar-refractivity contribution in [3.63, 3.8) is 0 Å². The Kier molecular flexibility index (Phi) is 6.30. The molecule has 25 heavy (non-hydrogen) atoms. The molecule has 3 nitrogen and oxygen atoms in total. The van der Waals surface area contributed by atoms with E-state index < -0.39 is 44.5 Å². The van der Waals surface area contributed by atoms with Crippen LogP contribution in [0.5, 0.6) is 0 Å². The van der Waals surface area contributed by atoms with Crippen molar-refractivity contribution in [2.24, 2.45) is 11.8 Å². The minimum atomic E-state index is -3.12. The van der Waals surface area contributed by atoms with Gasteiger partial charge in [0.1, 0.15) is 23.2 Å². The summed E-state index contributed by atoms with van der Waals surface area (Å²) in [6.45, 7) is 3.30. The minimum Gasteiger partial charge on any atom is -0.299 e. The highest BCUT2D eigenvalue weighted by Gasteiger charge is 2.30. The molecule has 0 spiro atoms. The molecule has 0 bridgehead atoms. The fourth-order valence-electron chi connectivity index (χ4n) is 3.23. The lowest BCUT2D eigenvalue weighted by molar-refractivity contribution is -0.123. The van der Waals surface area contributed by atoms with Crippen LogP contribution in [-0.2, 0) is 21.1 Å². The molecule has 0 aromatic heterocycles. The predicted molar refractivity (Wildman–Crippen MR) is 89.4 cm³/mol. The summed E-state index contributed by atoms with van der Waals surface area (Å²) in [5.74, 6) is -3.59. The number of halogens is 3. The van der Waals surface area contributed by atoms with Gasteiger partial charge in [0.25, 0.3) is 0 Å². The molecule has 0 atom stereocenters. The van der Waals surface area contributed by atoms with Crippen molar-refractivity contribution >= 4 is 15.6 Å². The van der Waals surface area contributed by atoms with Gasteiger partial charge in [-0.2, -0.15) is 0 Å². The van der Waals surface area contributed by atoms with Gasteiger partial charge in [0.05, 0.1) is 11.0 Å². The first kappa shape index (κ1) is 19.9. The van der Waals surface area contributed by atoms with Crippen molar-refractivity contribution < 1.29 is 26.4 Å². The highest BCUT2D eigenvalue weighted by atomic mass is 32.2. The summed E-state index contributed by atoms with van der Waals surface area (Å²) in [5.41, 5.74) is -0.407. The number of carbonyl (C=O) groups excluding carboxylic acids is 1. The van der Waals surface area contributed by atoms with Gasteiger partial charge in [0.15, 0.2) is 9.84 Å². The van der Waals surface area contributed by atoms with E-state index in [4.69, 9.17) is 0 Å². The van der Waals surface area contributed by atoms with E-state index in [-0.39, 0.29) is 23.4 Å². The van der Waals surface area contributed by atoms with Crippen molar-refractivity contribution in [1.29, 1.82) is 0 Å². The zero-order valence-corrected chi connectivity index (χ0v) is 15.2. The van der Waals surface area contributed by atoms with E-state index in [1.54, 1.807) is 13.8 Å². The number of hydrogen-bond donors (Lipinski definition) is 0. The quantitative estimate of drug-likeness (QED) is 0.758. The van der Waals surface area contributed by atoms with Crippen LogP contribution in [0.4, 0.5) is 13.2 Å². The maximum atomic E-state index is 13.7. The first-order valence-corrected chi connectivity index (χ1v) is 10.2. The van der Waals surface area contributed by atoms with Gasteiger partial charge in [-0.25, -0.2) is 21.6 Å². The number of carbonyl (C=O) groups is 1. The van der Waals surface area contributed by atoms with E-state index >= 15 is 0 Å². The fourth-order valence-corrected chi connectivity index (χ4v) is 4.61. The average molecular weight is 376 g/mol. The van der Waals surface area contributed by atoms with Gasteiger partial charge in [0.2, 0.25) is 0 Å². The first-order valence-electron chi connectivity index (χ1n) is 8.48. The summed E-state index contributed by atoms with van der Waals surface area (Å²) in [6.07, 6.45) is 1.84. The lowest BCUT2D eigenvalue weighted by Gasteiger charge is -2.28. The second kappa shape index (κ2) is 7.89. The summed E-state index contributed by atoms with van der Waals surface area (Å²) in [6, 6.07) is 1.14. The molecule has 0 amide bonds. The van der Waals surface area contributed by atoms with Crippen molar-refractivity contribution in [2.75, 3.05) is 5.75 Å². The fraction of sp³-hybridized carbons (Fsp3) is 0.611. The van der Waals surface area contributed by atoms with Crippen LogP contribution in [0.3, 0.4) is 0 Å². The Hall–Kier alpha value is -1.37. The van der Waals surface area contributed by atoms with Crippen molar-refractivity contribution in [3.05, 3.63) is 35.1 Å². The van der Waals surface area contributed by atoms with E-state index in [0.29, 0.717) is 37.8 Å². The summed E-state index contributed by atoms with van der Waals surface area (Å²) in [4.78, 5) is 12.3. The summed E-state index contributed by atoms with van der Waals surface area (Å²) in [7, 11) is -3.12. The van der Waals surface area contributed by atoms with E-state index in [1.807, 2.05) is 0 Å². The summed E-state index contributed by atoms with van der Waals surface area (Å²) in [5, 5.41) is -0.420. The number of hydrogen-bond acceptors (Lipinski definition) is 3. The van der Waals surface area contributed by atoms with Gasteiger partial charge in [-0.15, -0.1) is 0 Å². The van der Waals surface area contributed by atoms with Crippen molar-refractivity contribution in [2.45, 2.75) is 51.2 Å². The Bertz CT molecular complexity index is 713. The van der Waals surface area contributed by atoms with Crippen LogP contribution < -0.4 is 0 Å². The lowest BCUT2D eigenvalue weighted by Crippen LogP contribution is -2.29. The van der Waals surface area contributed by atoms with Gasteiger partial charge in [-0.3, -0.25) is 4.79 Å². The molecule has 1 aromatic rings. The molecule has 1 aliphatic carbocycles. The molecule has 1 fully saturated rings. The molecule has 0 saturated heterocycles. The standard InChI is InChI=1S/C18H23F3O3S/c1-11(2)25(23,24)10-12-3-5-13(6-4-12)18(22)9-15-16(20)7-14(19)8-17(15)21/h7-8,11-13H,3-6,9-10H2,1-2H3. The Labute approximate surface area is 146 Å². The van der Waals surface area contributed by atoms with Crippen LogP contribution in [0.15, 0.2) is 12.1 Å². The number of sulfone groups is 1. The Morgan fingerprint density at radius 3 is 2.08 bits per heavy atom. The second-order valence-electron chi connectivity index (χ2n) is 7.09. The van der Waals surface area contributed by atoms with E-state index in [1.165, 1.54) is 0 Å². The first-order chi connectivity index (χ1) is 11.6. The highest BCUT2D eigenvalue weighted by Crippen LogP contribution is 2.32. The van der Waals surface area contributed by atoms with E-state index in [9.17, 15) is 26.4 Å². The van der Waals surface area contributed by atoms with Gasteiger partial charge in [-0.1, -0.05) is 0 Å². The monoisotopic (exact) mass is 376 g/mol. The third-order valence-electron chi connectivity index (χ3n) is 4.95. The zero-order valence-electron chi connectivity index (χ0n) is 14.4. The number of ketones is 1. The van der Waals surface area contributed by atoms with Crippen LogP contribution >= 0.6 is 0 Å². The molecule has 140 valence electrons. The predicted octanol–water partition coefficient (Wildman–Crippen LogP) is 3.85. The Morgan fingerprint density at radius 1 is 1.08 bits per heavy atom. The second-order valence-corrected chi connectivity index (χ2v) is 9.69. The number of Topliss-reactive ketones (excluding diaryl/α,β-unsaturated/α-hetero) is 1. The molecule has 0 radical (unpaired) electrons. The van der Waals surface area contributed by atoms with Crippen LogP contribution in [-0.4, -0.2) is 25.2 Å². The molecule has 1 saturated carbocycles. The minimum absolute atomic E-state index is 0.0238. The molecule has 2 rings (SSSR count). The maximum Gasteiger partial charge on any atom is 0.152 e. The third-order valence-corrected chi connectivity index (χ3v) is 7.32. The summed E-state index contributed by atoms with van der Waals surface area (Å²) >= 11 is 0. The molecule has 0 heterocycles. The lowest BCUT2D eigenvalue weighted by atomic mass is 9.79. The molecular weight excluding hydrogens is 353 g/mol. The van der Waals surface area contributed by atoms with Crippen molar-refractivity contribution in [3.8, 4) is 0 Å². The SMILES string of the molecule is CC(C)S(=O)(=O)CC1CCC(C(=O)Cc2c(F)cc(F)cc2F)CC1. The summed E-state index contributed by atoms with van der Waals surface area (Å²) < 4.78 is 64.2. The Morgan fingerprint density at radius 2 is 1.60 bits per heavy atom. The van der Waals surface area contributed by atoms with Gasteiger partial charge >= 0.3 is 0 Å². The zero-order chi connectivity index (χ0) is 18.8. The molecule has 0 N–H and O–H groups in total. The molecule has 0 unspecified atom stereocenters. The number of benzene rings is 1. The van der Waals surface area contributed by atoms with Gasteiger partial charge < -0.3 is 0 Å². The molecule has 7 heteroatoms. The average Bonchev–Trinajstić information content (AvgIpc) is 2.50. The molecule has 1 aliphatic rings. The van der Waals surface area contributed by atoms with Crippen molar-refractivity contribution in [1.82, 2.24) is 0 Å².